The standard InChI is InChI=1S/C14H21FN2O2/c1-10(16-2)11-5-6-13(12(15)9-11)19-8-7-14(18)17(3)4/h5-6,9-10,16H,7-8H2,1-4H3. The smallest absolute Gasteiger partial charge is 0.225 e. The van der Waals surface area contributed by atoms with Crippen LogP contribution in [0, 0.1) is 5.82 Å². The molecule has 1 aromatic carbocycles. The zero-order valence-corrected chi connectivity index (χ0v) is 11.9. The van der Waals surface area contributed by atoms with Crippen LogP contribution in [0.4, 0.5) is 4.39 Å². The van der Waals surface area contributed by atoms with Gasteiger partial charge in [-0.2, -0.15) is 0 Å². The Morgan fingerprint density at radius 2 is 2.16 bits per heavy atom. The predicted molar refractivity (Wildman–Crippen MR) is 72.7 cm³/mol. The second kappa shape index (κ2) is 7.09. The Kier molecular flexibility index (Phi) is 5.76. The molecule has 4 nitrogen and oxygen atoms in total. The maximum atomic E-state index is 13.8. The number of nitrogens with one attached hydrogen (secondary N) is 1. The van der Waals surface area contributed by atoms with Crippen molar-refractivity contribution in [1.29, 1.82) is 0 Å². The fraction of sp³-hybridized carbons (Fsp3) is 0.500. The van der Waals surface area contributed by atoms with E-state index in [1.165, 1.54) is 11.0 Å². The second-order valence-electron chi connectivity index (χ2n) is 4.59. The fourth-order valence-corrected chi connectivity index (χ4v) is 1.54. The number of hydrogen-bond donors (Lipinski definition) is 1. The van der Waals surface area contributed by atoms with Gasteiger partial charge in [0.05, 0.1) is 13.0 Å². The quantitative estimate of drug-likeness (QED) is 0.857. The number of ether oxygens (including phenoxy) is 1. The van der Waals surface area contributed by atoms with E-state index < -0.39 is 5.82 Å². The molecule has 1 atom stereocenters. The molecule has 0 aliphatic heterocycles. The molecule has 19 heavy (non-hydrogen) atoms. The number of hydrogen-bond acceptors (Lipinski definition) is 3. The summed E-state index contributed by atoms with van der Waals surface area (Å²) in [6.45, 7) is 2.12. The van der Waals surface area contributed by atoms with Gasteiger partial charge in [-0.1, -0.05) is 6.07 Å². The summed E-state index contributed by atoms with van der Waals surface area (Å²) in [5.74, 6) is -0.267. The number of halogens is 1. The summed E-state index contributed by atoms with van der Waals surface area (Å²) in [7, 11) is 5.17. The van der Waals surface area contributed by atoms with Crippen LogP contribution in [0.5, 0.6) is 5.75 Å². The minimum Gasteiger partial charge on any atom is -0.490 e. The molecule has 0 radical (unpaired) electrons. The van der Waals surface area contributed by atoms with E-state index >= 15 is 0 Å². The van der Waals surface area contributed by atoms with Crippen LogP contribution >= 0.6 is 0 Å². The Balaban J connectivity index is 2.58. The average Bonchev–Trinajstić information content (AvgIpc) is 2.39. The highest BCUT2D eigenvalue weighted by atomic mass is 19.1. The van der Waals surface area contributed by atoms with E-state index in [1.807, 2.05) is 20.0 Å². The third-order valence-electron chi connectivity index (χ3n) is 2.96. The Morgan fingerprint density at radius 3 is 2.68 bits per heavy atom. The van der Waals surface area contributed by atoms with Crippen LogP contribution in [0.3, 0.4) is 0 Å². The van der Waals surface area contributed by atoms with Crippen molar-refractivity contribution in [2.75, 3.05) is 27.7 Å². The monoisotopic (exact) mass is 268 g/mol. The average molecular weight is 268 g/mol. The summed E-state index contributed by atoms with van der Waals surface area (Å²) in [4.78, 5) is 12.8. The summed E-state index contributed by atoms with van der Waals surface area (Å²) < 4.78 is 19.1. The highest BCUT2D eigenvalue weighted by Crippen LogP contribution is 2.22. The third-order valence-corrected chi connectivity index (χ3v) is 2.96. The predicted octanol–water partition coefficient (Wildman–Crippen LogP) is 1.96. The zero-order valence-electron chi connectivity index (χ0n) is 11.9. The van der Waals surface area contributed by atoms with Gasteiger partial charge in [-0.25, -0.2) is 4.39 Å². The van der Waals surface area contributed by atoms with Crippen molar-refractivity contribution in [2.24, 2.45) is 0 Å². The van der Waals surface area contributed by atoms with E-state index in [1.54, 1.807) is 20.2 Å². The van der Waals surface area contributed by atoms with E-state index in [-0.39, 0.29) is 30.7 Å². The lowest BCUT2D eigenvalue weighted by Crippen LogP contribution is -2.23. The topological polar surface area (TPSA) is 41.6 Å². The van der Waals surface area contributed by atoms with Crippen LogP contribution in [0.1, 0.15) is 24.9 Å². The van der Waals surface area contributed by atoms with E-state index in [9.17, 15) is 9.18 Å². The van der Waals surface area contributed by atoms with Crippen LogP contribution in [0.15, 0.2) is 18.2 Å². The summed E-state index contributed by atoms with van der Waals surface area (Å²) in [5.41, 5.74) is 0.858. The van der Waals surface area contributed by atoms with Crippen molar-refractivity contribution in [3.63, 3.8) is 0 Å². The summed E-state index contributed by atoms with van der Waals surface area (Å²) in [6.07, 6.45) is 0.237. The molecule has 0 aliphatic rings. The molecule has 0 heterocycles. The van der Waals surface area contributed by atoms with E-state index in [0.29, 0.717) is 0 Å². The van der Waals surface area contributed by atoms with E-state index in [0.717, 1.165) is 5.56 Å². The minimum atomic E-state index is -0.406. The van der Waals surface area contributed by atoms with Crippen LogP contribution in [-0.2, 0) is 4.79 Å². The largest absolute Gasteiger partial charge is 0.490 e. The molecule has 0 fully saturated rings. The Bertz CT molecular complexity index is 435. The normalized spacial score (nSPS) is 12.1. The first-order valence-electron chi connectivity index (χ1n) is 6.25. The van der Waals surface area contributed by atoms with Gasteiger partial charge in [0.15, 0.2) is 11.6 Å². The second-order valence-corrected chi connectivity index (χ2v) is 4.59. The van der Waals surface area contributed by atoms with Crippen molar-refractivity contribution < 1.29 is 13.9 Å². The van der Waals surface area contributed by atoms with Crippen molar-refractivity contribution in [1.82, 2.24) is 10.2 Å². The van der Waals surface area contributed by atoms with Gasteiger partial charge in [-0.05, 0) is 31.7 Å². The minimum absolute atomic E-state index is 0.0409. The number of carbonyl (C=O) groups excluding carboxylic acids is 1. The van der Waals surface area contributed by atoms with Gasteiger partial charge in [0, 0.05) is 20.1 Å². The molecule has 1 unspecified atom stereocenters. The van der Waals surface area contributed by atoms with Crippen LogP contribution in [-0.4, -0.2) is 38.6 Å². The van der Waals surface area contributed by atoms with Crippen molar-refractivity contribution in [3.05, 3.63) is 29.6 Å². The highest BCUT2D eigenvalue weighted by Gasteiger charge is 2.10. The highest BCUT2D eigenvalue weighted by molar-refractivity contribution is 5.75. The van der Waals surface area contributed by atoms with Gasteiger partial charge < -0.3 is 15.0 Å². The maximum absolute atomic E-state index is 13.8. The molecule has 0 bridgehead atoms. The van der Waals surface area contributed by atoms with Gasteiger partial charge in [0.2, 0.25) is 5.91 Å². The zero-order chi connectivity index (χ0) is 14.4. The van der Waals surface area contributed by atoms with Crippen LogP contribution in [0.25, 0.3) is 0 Å². The molecule has 1 aromatic rings. The fourth-order valence-electron chi connectivity index (χ4n) is 1.54. The van der Waals surface area contributed by atoms with Gasteiger partial charge in [0.25, 0.3) is 0 Å². The number of benzene rings is 1. The first-order chi connectivity index (χ1) is 8.95. The Morgan fingerprint density at radius 1 is 1.47 bits per heavy atom. The number of rotatable bonds is 6. The van der Waals surface area contributed by atoms with Crippen molar-refractivity contribution >= 4 is 5.91 Å². The summed E-state index contributed by atoms with van der Waals surface area (Å²) in [5, 5.41) is 3.04. The molecule has 0 saturated carbocycles. The molecule has 1 amide bonds. The van der Waals surface area contributed by atoms with Crippen molar-refractivity contribution in [2.45, 2.75) is 19.4 Å². The Hall–Kier alpha value is -1.62. The van der Waals surface area contributed by atoms with Gasteiger partial charge >= 0.3 is 0 Å². The first kappa shape index (κ1) is 15.4. The van der Waals surface area contributed by atoms with E-state index in [4.69, 9.17) is 4.74 Å². The molecule has 5 heteroatoms. The first-order valence-corrected chi connectivity index (χ1v) is 6.25. The number of carbonyl (C=O) groups is 1. The maximum Gasteiger partial charge on any atom is 0.225 e. The molecular formula is C14H21FN2O2. The van der Waals surface area contributed by atoms with Gasteiger partial charge in [0.1, 0.15) is 0 Å². The van der Waals surface area contributed by atoms with Crippen LogP contribution in [0.2, 0.25) is 0 Å². The van der Waals surface area contributed by atoms with Gasteiger partial charge in [-0.3, -0.25) is 4.79 Å². The van der Waals surface area contributed by atoms with Crippen molar-refractivity contribution in [3.8, 4) is 5.75 Å². The molecule has 1 N–H and O–H groups in total. The molecule has 106 valence electrons. The molecule has 0 spiro atoms. The SMILES string of the molecule is CNC(C)c1ccc(OCCC(=O)N(C)C)c(F)c1. The molecular weight excluding hydrogens is 247 g/mol. The van der Waals surface area contributed by atoms with Crippen LogP contribution < -0.4 is 10.1 Å². The molecule has 0 aromatic heterocycles. The molecule has 1 rings (SSSR count). The lowest BCUT2D eigenvalue weighted by atomic mass is 10.1. The molecule has 0 aliphatic carbocycles. The summed E-state index contributed by atoms with van der Waals surface area (Å²) >= 11 is 0. The third kappa shape index (κ3) is 4.52. The van der Waals surface area contributed by atoms with E-state index in [2.05, 4.69) is 5.32 Å². The molecule has 0 saturated heterocycles. The number of amides is 1. The summed E-state index contributed by atoms with van der Waals surface area (Å²) in [6, 6.07) is 4.94. The lowest BCUT2D eigenvalue weighted by molar-refractivity contribution is -0.129. The van der Waals surface area contributed by atoms with Gasteiger partial charge in [-0.15, -0.1) is 0 Å². The lowest BCUT2D eigenvalue weighted by Gasteiger charge is -2.13. The number of nitrogens with zero attached hydrogens (tertiary/aromatic N) is 1. The Labute approximate surface area is 113 Å².